The van der Waals surface area contributed by atoms with Gasteiger partial charge in [0.25, 0.3) is 0 Å². The topological polar surface area (TPSA) is 50.2 Å². The summed E-state index contributed by atoms with van der Waals surface area (Å²) in [7, 11) is 0. The van der Waals surface area contributed by atoms with Crippen molar-refractivity contribution in [1.82, 2.24) is 20.0 Å². The number of benzene rings is 2. The lowest BCUT2D eigenvalue weighted by Gasteiger charge is -2.17. The molecule has 0 radical (unpaired) electrons. The molecule has 0 atom stereocenters. The molecule has 0 spiro atoms. The molecular weight excluding hydrogens is 360 g/mol. The number of rotatable bonds is 8. The normalized spacial score (nSPS) is 14.2. The van der Waals surface area contributed by atoms with E-state index >= 15 is 0 Å². The van der Waals surface area contributed by atoms with E-state index in [9.17, 15) is 4.79 Å². The van der Waals surface area contributed by atoms with Crippen LogP contribution in [0.3, 0.4) is 0 Å². The zero-order chi connectivity index (χ0) is 19.9. The lowest BCUT2D eigenvalue weighted by molar-refractivity contribution is -0.121. The number of nitrogens with one attached hydrogen (secondary N) is 1. The van der Waals surface area contributed by atoms with Crippen LogP contribution in [0.15, 0.2) is 67.0 Å². The lowest BCUT2D eigenvalue weighted by Crippen LogP contribution is -2.25. The van der Waals surface area contributed by atoms with Crippen molar-refractivity contribution in [3.63, 3.8) is 0 Å². The summed E-state index contributed by atoms with van der Waals surface area (Å²) in [5.41, 5.74) is 4.62. The second kappa shape index (κ2) is 9.52. The van der Waals surface area contributed by atoms with E-state index in [1.165, 1.54) is 37.1 Å². The van der Waals surface area contributed by atoms with Crippen LogP contribution in [0.1, 0.15) is 36.0 Å². The van der Waals surface area contributed by atoms with Gasteiger partial charge in [0, 0.05) is 25.7 Å². The number of hydrogen-bond donors (Lipinski definition) is 1. The standard InChI is InChI=1S/C24H28N4O/c29-24(13-12-20-16-26-28(18-20)23-10-2-1-3-11-23)25-17-21-8-4-5-9-22(21)19-27-14-6-7-15-27/h1-5,8-11,16,18H,6-7,12-15,17,19H2,(H,25,29). The minimum atomic E-state index is 0.0773. The Kier molecular flexibility index (Phi) is 6.37. The van der Waals surface area contributed by atoms with Crippen LogP contribution in [0.5, 0.6) is 0 Å². The van der Waals surface area contributed by atoms with E-state index in [-0.39, 0.29) is 5.91 Å². The fourth-order valence-corrected chi connectivity index (χ4v) is 3.82. The van der Waals surface area contributed by atoms with Crippen molar-refractivity contribution < 1.29 is 4.79 Å². The van der Waals surface area contributed by atoms with Crippen molar-refractivity contribution in [3.8, 4) is 5.69 Å². The van der Waals surface area contributed by atoms with Crippen molar-refractivity contribution in [1.29, 1.82) is 0 Å². The third-order valence-electron chi connectivity index (χ3n) is 5.48. The molecule has 0 bridgehead atoms. The first-order chi connectivity index (χ1) is 14.3. The summed E-state index contributed by atoms with van der Waals surface area (Å²) < 4.78 is 1.85. The molecule has 1 aromatic heterocycles. The Morgan fingerprint density at radius 2 is 1.69 bits per heavy atom. The van der Waals surface area contributed by atoms with Gasteiger partial charge in [-0.15, -0.1) is 0 Å². The minimum Gasteiger partial charge on any atom is -0.352 e. The molecule has 1 saturated heterocycles. The summed E-state index contributed by atoms with van der Waals surface area (Å²) in [5, 5.41) is 7.49. The lowest BCUT2D eigenvalue weighted by atomic mass is 10.1. The zero-order valence-corrected chi connectivity index (χ0v) is 16.8. The molecule has 5 nitrogen and oxygen atoms in total. The fraction of sp³-hybridized carbons (Fsp3) is 0.333. The van der Waals surface area contributed by atoms with Gasteiger partial charge in [0.15, 0.2) is 0 Å². The summed E-state index contributed by atoms with van der Waals surface area (Å²) in [6, 6.07) is 18.4. The van der Waals surface area contributed by atoms with Gasteiger partial charge in [0.05, 0.1) is 11.9 Å². The van der Waals surface area contributed by atoms with E-state index in [0.29, 0.717) is 19.4 Å². The van der Waals surface area contributed by atoms with E-state index < -0.39 is 0 Å². The Labute approximate surface area is 172 Å². The van der Waals surface area contributed by atoms with Crippen LogP contribution in [-0.2, 0) is 24.3 Å². The first-order valence-corrected chi connectivity index (χ1v) is 10.4. The Balaban J connectivity index is 1.27. The number of hydrogen-bond acceptors (Lipinski definition) is 3. The second-order valence-electron chi connectivity index (χ2n) is 7.66. The van der Waals surface area contributed by atoms with Gasteiger partial charge in [0.1, 0.15) is 0 Å². The van der Waals surface area contributed by atoms with Crippen LogP contribution in [-0.4, -0.2) is 33.7 Å². The Bertz CT molecular complexity index is 929. The predicted octanol–water partition coefficient (Wildman–Crippen LogP) is 3.72. The van der Waals surface area contributed by atoms with E-state index in [2.05, 4.69) is 33.5 Å². The summed E-state index contributed by atoms with van der Waals surface area (Å²) in [6.07, 6.45) is 7.57. The molecular formula is C24H28N4O. The third-order valence-corrected chi connectivity index (χ3v) is 5.48. The highest BCUT2D eigenvalue weighted by Gasteiger charge is 2.14. The van der Waals surface area contributed by atoms with E-state index in [4.69, 9.17) is 0 Å². The highest BCUT2D eigenvalue weighted by molar-refractivity contribution is 5.76. The smallest absolute Gasteiger partial charge is 0.220 e. The SMILES string of the molecule is O=C(CCc1cnn(-c2ccccc2)c1)NCc1ccccc1CN1CCCC1. The van der Waals surface area contributed by atoms with E-state index in [0.717, 1.165) is 17.8 Å². The summed E-state index contributed by atoms with van der Waals surface area (Å²) in [5.74, 6) is 0.0773. The summed E-state index contributed by atoms with van der Waals surface area (Å²) in [6.45, 7) is 3.92. The number of aryl methyl sites for hydroxylation is 1. The summed E-state index contributed by atoms with van der Waals surface area (Å²) >= 11 is 0. The fourth-order valence-electron chi connectivity index (χ4n) is 3.82. The molecule has 2 aromatic carbocycles. The van der Waals surface area contributed by atoms with Crippen LogP contribution >= 0.6 is 0 Å². The number of likely N-dealkylation sites (tertiary alicyclic amines) is 1. The molecule has 5 heteroatoms. The van der Waals surface area contributed by atoms with Gasteiger partial charge in [-0.1, -0.05) is 42.5 Å². The van der Waals surface area contributed by atoms with Crippen molar-refractivity contribution in [2.75, 3.05) is 13.1 Å². The van der Waals surface area contributed by atoms with Gasteiger partial charge in [-0.25, -0.2) is 4.68 Å². The average molecular weight is 389 g/mol. The third kappa shape index (κ3) is 5.33. The average Bonchev–Trinajstić information content (AvgIpc) is 3.44. The number of carbonyl (C=O) groups excluding carboxylic acids is 1. The quantitative estimate of drug-likeness (QED) is 0.640. The number of nitrogens with zero attached hydrogens (tertiary/aromatic N) is 3. The minimum absolute atomic E-state index is 0.0773. The van der Waals surface area contributed by atoms with Crippen molar-refractivity contribution in [3.05, 3.63) is 83.7 Å². The van der Waals surface area contributed by atoms with Crippen LogP contribution in [0.25, 0.3) is 5.69 Å². The van der Waals surface area contributed by atoms with Crippen LogP contribution in [0.4, 0.5) is 0 Å². The molecule has 29 heavy (non-hydrogen) atoms. The number of para-hydroxylation sites is 1. The van der Waals surface area contributed by atoms with Gasteiger partial charge < -0.3 is 5.32 Å². The summed E-state index contributed by atoms with van der Waals surface area (Å²) in [4.78, 5) is 14.9. The monoisotopic (exact) mass is 388 g/mol. The van der Waals surface area contributed by atoms with Gasteiger partial charge >= 0.3 is 0 Å². The maximum Gasteiger partial charge on any atom is 0.220 e. The molecule has 0 aliphatic carbocycles. The van der Waals surface area contributed by atoms with Gasteiger partial charge in [0.2, 0.25) is 5.91 Å². The molecule has 2 heterocycles. The predicted molar refractivity (Wildman–Crippen MR) is 115 cm³/mol. The Morgan fingerprint density at radius 1 is 0.966 bits per heavy atom. The Hall–Kier alpha value is -2.92. The molecule has 3 aromatic rings. The van der Waals surface area contributed by atoms with E-state index in [1.807, 2.05) is 53.5 Å². The van der Waals surface area contributed by atoms with E-state index in [1.54, 1.807) is 0 Å². The molecule has 1 aliphatic rings. The first kappa shape index (κ1) is 19.4. The molecule has 1 aliphatic heterocycles. The van der Waals surface area contributed by atoms with Crippen molar-refractivity contribution in [2.45, 2.75) is 38.8 Å². The largest absolute Gasteiger partial charge is 0.352 e. The van der Waals surface area contributed by atoms with Gasteiger partial charge in [-0.05, 0) is 61.2 Å². The van der Waals surface area contributed by atoms with Crippen molar-refractivity contribution >= 4 is 5.91 Å². The highest BCUT2D eigenvalue weighted by Crippen LogP contribution is 2.16. The Morgan fingerprint density at radius 3 is 2.48 bits per heavy atom. The van der Waals surface area contributed by atoms with Gasteiger partial charge in [-0.3, -0.25) is 9.69 Å². The maximum atomic E-state index is 12.4. The molecule has 1 amide bonds. The maximum absolute atomic E-state index is 12.4. The molecule has 0 saturated carbocycles. The van der Waals surface area contributed by atoms with Crippen molar-refractivity contribution in [2.24, 2.45) is 0 Å². The highest BCUT2D eigenvalue weighted by atomic mass is 16.1. The number of amides is 1. The second-order valence-corrected chi connectivity index (χ2v) is 7.66. The zero-order valence-electron chi connectivity index (χ0n) is 16.8. The molecule has 1 N–H and O–H groups in total. The number of carbonyl (C=O) groups is 1. The first-order valence-electron chi connectivity index (χ1n) is 10.4. The molecule has 1 fully saturated rings. The molecule has 0 unspecified atom stereocenters. The van der Waals surface area contributed by atoms with Crippen LogP contribution in [0.2, 0.25) is 0 Å². The molecule has 4 rings (SSSR count). The van der Waals surface area contributed by atoms with Crippen LogP contribution in [0, 0.1) is 0 Å². The van der Waals surface area contributed by atoms with Gasteiger partial charge in [-0.2, -0.15) is 5.10 Å². The van der Waals surface area contributed by atoms with Crippen LogP contribution < -0.4 is 5.32 Å². The molecule has 150 valence electrons. The number of aromatic nitrogens is 2.